The second kappa shape index (κ2) is 5.94. The number of aliphatic hydroxyl groups excluding tert-OH is 1. The van der Waals surface area contributed by atoms with Crippen molar-refractivity contribution >= 4 is 5.97 Å². The number of ether oxygens (including phenoxy) is 1. The molecule has 1 atom stereocenters. The zero-order valence-electron chi connectivity index (χ0n) is 9.36. The van der Waals surface area contributed by atoms with Gasteiger partial charge in [-0.15, -0.1) is 0 Å². The van der Waals surface area contributed by atoms with Crippen molar-refractivity contribution in [1.29, 1.82) is 0 Å². The predicted octanol–water partition coefficient (Wildman–Crippen LogP) is 1.65. The summed E-state index contributed by atoms with van der Waals surface area (Å²) in [5.74, 6) is 4.54. The van der Waals surface area contributed by atoms with Crippen LogP contribution in [0.1, 0.15) is 31.1 Å². The van der Waals surface area contributed by atoms with Crippen molar-refractivity contribution in [2.75, 3.05) is 6.61 Å². The first-order valence-corrected chi connectivity index (χ1v) is 5.10. The van der Waals surface area contributed by atoms with Crippen molar-refractivity contribution < 1.29 is 14.6 Å². The monoisotopic (exact) mass is 218 g/mol. The Bertz CT molecular complexity index is 407. The Morgan fingerprint density at radius 3 is 2.56 bits per heavy atom. The van der Waals surface area contributed by atoms with E-state index in [1.807, 2.05) is 0 Å². The van der Waals surface area contributed by atoms with E-state index in [0.29, 0.717) is 6.61 Å². The quantitative estimate of drug-likeness (QED) is 0.606. The Morgan fingerprint density at radius 1 is 1.44 bits per heavy atom. The third-order valence-corrected chi connectivity index (χ3v) is 1.98. The molecule has 0 amide bonds. The van der Waals surface area contributed by atoms with Gasteiger partial charge in [0.15, 0.2) is 0 Å². The van der Waals surface area contributed by atoms with Gasteiger partial charge in [0.1, 0.15) is 0 Å². The van der Waals surface area contributed by atoms with Crippen molar-refractivity contribution in [3.8, 4) is 11.8 Å². The molecule has 1 aromatic carbocycles. The van der Waals surface area contributed by atoms with E-state index < -0.39 is 12.1 Å². The van der Waals surface area contributed by atoms with Crippen LogP contribution >= 0.6 is 0 Å². The van der Waals surface area contributed by atoms with Crippen LogP contribution in [0.2, 0.25) is 0 Å². The summed E-state index contributed by atoms with van der Waals surface area (Å²) in [5, 5.41) is 9.29. The highest BCUT2D eigenvalue weighted by Crippen LogP contribution is 2.11. The van der Waals surface area contributed by atoms with E-state index in [9.17, 15) is 9.90 Å². The van der Waals surface area contributed by atoms with Gasteiger partial charge in [0.05, 0.1) is 12.7 Å². The summed E-state index contributed by atoms with van der Waals surface area (Å²) in [6.07, 6.45) is -0.493. The van der Waals surface area contributed by atoms with Crippen LogP contribution in [0, 0.1) is 11.8 Å². The van der Waals surface area contributed by atoms with E-state index in [4.69, 9.17) is 0 Å². The van der Waals surface area contributed by atoms with Crippen LogP contribution < -0.4 is 0 Å². The van der Waals surface area contributed by atoms with Crippen LogP contribution in [-0.4, -0.2) is 17.7 Å². The van der Waals surface area contributed by atoms with E-state index in [-0.39, 0.29) is 0 Å². The highest BCUT2D eigenvalue weighted by atomic mass is 16.5. The van der Waals surface area contributed by atoms with Crippen molar-refractivity contribution in [1.82, 2.24) is 0 Å². The van der Waals surface area contributed by atoms with Crippen LogP contribution in [-0.2, 0) is 9.53 Å². The molecule has 0 heterocycles. The van der Waals surface area contributed by atoms with Gasteiger partial charge in [-0.1, -0.05) is 18.1 Å². The average Bonchev–Trinajstić information content (AvgIpc) is 2.27. The van der Waals surface area contributed by atoms with Gasteiger partial charge < -0.3 is 9.84 Å². The number of hydrogen-bond donors (Lipinski definition) is 1. The standard InChI is InChI=1S/C13H14O3/c1-3-16-13(15)9-6-11-4-7-12(8-5-11)10(2)14/h4-5,7-8,10,14H,3H2,1-2H3. The summed E-state index contributed by atoms with van der Waals surface area (Å²) in [6.45, 7) is 3.75. The molecule has 3 heteroatoms. The molecule has 84 valence electrons. The van der Waals surface area contributed by atoms with Crippen LogP contribution in [0.3, 0.4) is 0 Å². The fourth-order valence-corrected chi connectivity index (χ4v) is 1.14. The Kier molecular flexibility index (Phi) is 4.56. The predicted molar refractivity (Wildman–Crippen MR) is 60.6 cm³/mol. The Labute approximate surface area is 95.1 Å². The zero-order chi connectivity index (χ0) is 12.0. The molecule has 0 aromatic heterocycles. The van der Waals surface area contributed by atoms with Gasteiger partial charge in [-0.3, -0.25) is 0 Å². The lowest BCUT2D eigenvalue weighted by Crippen LogP contribution is -1.99. The fraction of sp³-hybridized carbons (Fsp3) is 0.308. The van der Waals surface area contributed by atoms with Crippen LogP contribution in [0.5, 0.6) is 0 Å². The molecule has 0 aliphatic rings. The molecule has 1 rings (SSSR count). The van der Waals surface area contributed by atoms with E-state index >= 15 is 0 Å². The van der Waals surface area contributed by atoms with Crippen molar-refractivity contribution in [2.45, 2.75) is 20.0 Å². The maximum absolute atomic E-state index is 11.0. The molecule has 3 nitrogen and oxygen atoms in total. The summed E-state index contributed by atoms with van der Waals surface area (Å²) in [4.78, 5) is 11.0. The second-order valence-electron chi connectivity index (χ2n) is 3.27. The minimum absolute atomic E-state index is 0.328. The molecule has 0 saturated carbocycles. The van der Waals surface area contributed by atoms with Gasteiger partial charge in [0.25, 0.3) is 0 Å². The highest BCUT2D eigenvalue weighted by molar-refractivity contribution is 5.89. The number of esters is 1. The van der Waals surface area contributed by atoms with Gasteiger partial charge in [-0.2, -0.15) is 0 Å². The lowest BCUT2D eigenvalue weighted by atomic mass is 10.1. The average molecular weight is 218 g/mol. The molecule has 0 aliphatic heterocycles. The first-order valence-electron chi connectivity index (χ1n) is 5.10. The molecule has 0 radical (unpaired) electrons. The molecule has 0 aliphatic carbocycles. The first-order chi connectivity index (χ1) is 7.63. The lowest BCUT2D eigenvalue weighted by Gasteiger charge is -2.02. The van der Waals surface area contributed by atoms with E-state index in [1.165, 1.54) is 0 Å². The van der Waals surface area contributed by atoms with E-state index in [2.05, 4.69) is 16.6 Å². The SMILES string of the molecule is CCOC(=O)C#Cc1ccc(C(C)O)cc1. The normalized spacial score (nSPS) is 11.2. The summed E-state index contributed by atoms with van der Waals surface area (Å²) in [7, 11) is 0. The van der Waals surface area contributed by atoms with Crippen molar-refractivity contribution in [3.05, 3.63) is 35.4 Å². The molecule has 1 aromatic rings. The summed E-state index contributed by atoms with van der Waals surface area (Å²) < 4.78 is 4.67. The Morgan fingerprint density at radius 2 is 2.06 bits per heavy atom. The Balaban J connectivity index is 2.72. The number of hydrogen-bond acceptors (Lipinski definition) is 3. The summed E-state index contributed by atoms with van der Waals surface area (Å²) in [6, 6.07) is 7.07. The maximum Gasteiger partial charge on any atom is 0.384 e. The number of benzene rings is 1. The van der Waals surface area contributed by atoms with Crippen LogP contribution in [0.25, 0.3) is 0 Å². The molecule has 0 spiro atoms. The largest absolute Gasteiger partial charge is 0.456 e. The molecular formula is C13H14O3. The number of carbonyl (C=O) groups excluding carboxylic acids is 1. The smallest absolute Gasteiger partial charge is 0.384 e. The highest BCUT2D eigenvalue weighted by Gasteiger charge is 1.99. The Hall–Kier alpha value is -1.79. The van der Waals surface area contributed by atoms with Gasteiger partial charge in [-0.05, 0) is 31.5 Å². The molecule has 0 bridgehead atoms. The number of aliphatic hydroxyl groups is 1. The minimum Gasteiger partial charge on any atom is -0.456 e. The molecule has 16 heavy (non-hydrogen) atoms. The third kappa shape index (κ3) is 3.76. The molecule has 0 saturated heterocycles. The van der Waals surface area contributed by atoms with Crippen LogP contribution in [0.15, 0.2) is 24.3 Å². The topological polar surface area (TPSA) is 46.5 Å². The van der Waals surface area contributed by atoms with E-state index in [1.54, 1.807) is 38.1 Å². The van der Waals surface area contributed by atoms with Crippen LogP contribution in [0.4, 0.5) is 0 Å². The van der Waals surface area contributed by atoms with Gasteiger partial charge >= 0.3 is 5.97 Å². The molecule has 0 fully saturated rings. The molecule has 1 N–H and O–H groups in total. The molecular weight excluding hydrogens is 204 g/mol. The number of carbonyl (C=O) groups is 1. The number of rotatable bonds is 2. The first kappa shape index (κ1) is 12.3. The zero-order valence-corrected chi connectivity index (χ0v) is 9.36. The summed E-state index contributed by atoms with van der Waals surface area (Å²) in [5.41, 5.74) is 1.54. The molecule has 1 unspecified atom stereocenters. The fourth-order valence-electron chi connectivity index (χ4n) is 1.14. The maximum atomic E-state index is 11.0. The van der Waals surface area contributed by atoms with Gasteiger partial charge in [0, 0.05) is 11.5 Å². The second-order valence-corrected chi connectivity index (χ2v) is 3.27. The summed E-state index contributed by atoms with van der Waals surface area (Å²) >= 11 is 0. The third-order valence-electron chi connectivity index (χ3n) is 1.98. The van der Waals surface area contributed by atoms with Crippen molar-refractivity contribution in [2.24, 2.45) is 0 Å². The van der Waals surface area contributed by atoms with Gasteiger partial charge in [0.2, 0.25) is 0 Å². The minimum atomic E-state index is -0.526. The van der Waals surface area contributed by atoms with E-state index in [0.717, 1.165) is 11.1 Å². The van der Waals surface area contributed by atoms with Crippen molar-refractivity contribution in [3.63, 3.8) is 0 Å². The van der Waals surface area contributed by atoms with Gasteiger partial charge in [-0.25, -0.2) is 4.79 Å². The lowest BCUT2D eigenvalue weighted by molar-refractivity contribution is -0.136.